The van der Waals surface area contributed by atoms with Crippen molar-refractivity contribution in [3.63, 3.8) is 0 Å². The minimum atomic E-state index is 0.805. The van der Waals surface area contributed by atoms with Gasteiger partial charge in [-0.25, -0.2) is 0 Å². The third-order valence-corrected chi connectivity index (χ3v) is 4.33. The predicted molar refractivity (Wildman–Crippen MR) is 119 cm³/mol. The van der Waals surface area contributed by atoms with Crippen LogP contribution < -0.4 is 5.32 Å². The second kappa shape index (κ2) is 27.5. The van der Waals surface area contributed by atoms with E-state index in [1.54, 1.807) is 0 Å². The summed E-state index contributed by atoms with van der Waals surface area (Å²) in [5, 5.41) is 3.48. The van der Waals surface area contributed by atoms with Gasteiger partial charge in [-0.05, 0) is 0 Å². The van der Waals surface area contributed by atoms with Crippen LogP contribution in [0, 0.1) is 33.3 Å². The summed E-state index contributed by atoms with van der Waals surface area (Å²) in [6, 6.07) is 29.2. The van der Waals surface area contributed by atoms with E-state index >= 15 is 0 Å². The summed E-state index contributed by atoms with van der Waals surface area (Å²) < 4.78 is 38.6. The Bertz CT molecular complexity index is 1020. The van der Waals surface area contributed by atoms with Gasteiger partial charge < -0.3 is 0 Å². The molecule has 3 rings (SSSR count). The molecule has 0 bridgehead atoms. The Labute approximate surface area is 207 Å². The fourth-order valence-corrected chi connectivity index (χ4v) is 2.88. The average Bonchev–Trinajstić information content (AvgIpc) is 2.97. The fourth-order valence-electron chi connectivity index (χ4n) is 2.47. The van der Waals surface area contributed by atoms with Crippen molar-refractivity contribution in [1.29, 1.82) is 0 Å². The third kappa shape index (κ3) is 15.3. The molecule has 0 aliphatic rings. The van der Waals surface area contributed by atoms with Crippen LogP contribution in [0.2, 0.25) is 0 Å². The summed E-state index contributed by atoms with van der Waals surface area (Å²) >= 11 is 3.17. The summed E-state index contributed by atoms with van der Waals surface area (Å²) in [5.74, 6) is 0. The molecule has 1 N–H and O–H groups in total. The Morgan fingerprint density at radius 2 is 1.06 bits per heavy atom. The van der Waals surface area contributed by atoms with Crippen LogP contribution in [0.3, 0.4) is 0 Å². The first-order valence-corrected chi connectivity index (χ1v) is 9.63. The summed E-state index contributed by atoms with van der Waals surface area (Å²) in [6.45, 7) is 23.3. The normalized spacial score (nSPS) is 7.94. The van der Waals surface area contributed by atoms with Crippen molar-refractivity contribution in [1.82, 2.24) is 5.32 Å². The van der Waals surface area contributed by atoms with Gasteiger partial charge in [-0.2, -0.15) is 0 Å². The van der Waals surface area contributed by atoms with E-state index in [0.717, 1.165) is 11.0 Å². The number of nitrogens with one attached hydrogen (secondary N) is 1. The van der Waals surface area contributed by atoms with Crippen molar-refractivity contribution < 1.29 is 39.1 Å². The number of hydrogen-bond acceptors (Lipinski definition) is 1. The molecule has 3 aromatic carbocycles. The third-order valence-electron chi connectivity index (χ3n) is 3.76. The van der Waals surface area contributed by atoms with E-state index in [1.165, 1.54) is 22.3 Å². The molecule has 0 atom stereocenters. The molecule has 0 heterocycles. The van der Waals surface area contributed by atoms with Crippen LogP contribution in [-0.2, 0) is 45.7 Å². The molecule has 0 aliphatic heterocycles. The molecule has 3 aromatic rings. The molecule has 0 radical (unpaired) electrons. The second-order valence-electron chi connectivity index (χ2n) is 5.50. The van der Waals surface area contributed by atoms with Gasteiger partial charge in [-0.15, -0.1) is 0 Å². The molecule has 0 amide bonds. The van der Waals surface area contributed by atoms with Gasteiger partial charge >= 0.3 is 208 Å². The molecule has 0 aromatic heterocycles. The zero-order valence-corrected chi connectivity index (χ0v) is 19.2. The van der Waals surface area contributed by atoms with Crippen LogP contribution in [0.15, 0.2) is 84.9 Å². The van der Waals surface area contributed by atoms with E-state index in [2.05, 4.69) is 139 Å². The van der Waals surface area contributed by atoms with E-state index in [0.29, 0.717) is 0 Å². The average molecular weight is 489 g/mol. The zero-order chi connectivity index (χ0) is 26.6. The van der Waals surface area contributed by atoms with Crippen LogP contribution in [0.5, 0.6) is 0 Å². The van der Waals surface area contributed by atoms with E-state index in [9.17, 15) is 0 Å². The van der Waals surface area contributed by atoms with Gasteiger partial charge in [0.15, 0.2) is 0 Å². The molecule has 7 heteroatoms. The van der Waals surface area contributed by atoms with Crippen molar-refractivity contribution in [2.75, 3.05) is 0 Å². The Balaban J connectivity index is -0.000000854. The van der Waals surface area contributed by atoms with Crippen molar-refractivity contribution in [3.05, 3.63) is 140 Å². The molecule has 0 fully saturated rings. The van der Waals surface area contributed by atoms with Crippen LogP contribution in [0.25, 0.3) is 12.2 Å². The summed E-state index contributed by atoms with van der Waals surface area (Å²) in [6.07, 6.45) is 4.30. The first-order chi connectivity index (χ1) is 16.8. The van der Waals surface area contributed by atoms with Crippen molar-refractivity contribution in [2.45, 2.75) is 6.54 Å². The number of hydrogen-bond donors (Lipinski definition) is 1. The summed E-state index contributed by atoms with van der Waals surface area (Å²) in [5.41, 5.74) is 4.84. The Kier molecular flexibility index (Phi) is 28.4. The maximum atomic E-state index is 7.50. The standard InChI is InChI=1S/C22H19N.5CO.Cr/c1-3-9-19(10-4-1)15-16-21-13-7-8-14-22(21)18-23-17-20-11-5-2-6-12-20;5*1-2;/h1-16,23H,17H2;;;;;;/b16-15+;;;;;;. The molecule has 0 saturated carbocycles. The van der Waals surface area contributed by atoms with Crippen LogP contribution >= 0.6 is 0 Å². The van der Waals surface area contributed by atoms with Gasteiger partial charge in [-0.1, -0.05) is 0 Å². The second-order valence-corrected chi connectivity index (χ2v) is 6.14. The van der Waals surface area contributed by atoms with Crippen molar-refractivity contribution in [2.24, 2.45) is 0 Å². The molecule has 0 spiro atoms. The first-order valence-electron chi connectivity index (χ1n) is 8.99. The quantitative estimate of drug-likeness (QED) is 0.307. The van der Waals surface area contributed by atoms with Crippen molar-refractivity contribution >= 4 is 16.7 Å². The summed E-state index contributed by atoms with van der Waals surface area (Å²) in [4.78, 5) is 0. The van der Waals surface area contributed by atoms with E-state index in [1.807, 2.05) is 12.1 Å². The number of rotatable bonds is 6. The Morgan fingerprint density at radius 1 is 0.618 bits per heavy atom. The van der Waals surface area contributed by atoms with Gasteiger partial charge in [0.1, 0.15) is 0 Å². The Hall–Kier alpha value is -3.54. The number of benzene rings is 3. The van der Waals surface area contributed by atoms with Gasteiger partial charge in [-0.3, -0.25) is 0 Å². The van der Waals surface area contributed by atoms with Crippen LogP contribution in [0.4, 0.5) is 0 Å². The summed E-state index contributed by atoms with van der Waals surface area (Å²) in [7, 11) is 0. The SMILES string of the molecule is [C-]#[O+].[C-]#[O+].[C-]#[O+].[C-]#[O+].[C-]#[O+].[Cr]=[C](NCc1ccccc1)c1ccccc1/C=C/c1ccccc1. The van der Waals surface area contributed by atoms with Crippen LogP contribution in [0.1, 0.15) is 22.3 Å². The minimum absolute atomic E-state index is 0.805. The molecular formula is C27H19CrNO5. The van der Waals surface area contributed by atoms with E-state index in [4.69, 9.17) is 23.3 Å². The topological polar surface area (TPSA) is 112 Å². The predicted octanol–water partition coefficient (Wildman–Crippen LogP) is 4.48. The van der Waals surface area contributed by atoms with Gasteiger partial charge in [0.2, 0.25) is 0 Å². The van der Waals surface area contributed by atoms with E-state index in [-0.39, 0.29) is 0 Å². The van der Waals surface area contributed by atoms with Crippen molar-refractivity contribution in [3.8, 4) is 0 Å². The van der Waals surface area contributed by atoms with E-state index < -0.39 is 0 Å². The fraction of sp³-hybridized carbons (Fsp3) is 0.0370. The molecule has 0 saturated heterocycles. The monoisotopic (exact) mass is 489 g/mol. The molecule has 0 aliphatic carbocycles. The maximum absolute atomic E-state index is 7.50. The molecule has 6 nitrogen and oxygen atoms in total. The Morgan fingerprint density at radius 3 is 1.59 bits per heavy atom. The molecule has 168 valence electrons. The first kappa shape index (κ1) is 35.1. The zero-order valence-electron chi connectivity index (χ0n) is 17.9. The molecule has 0 unspecified atom stereocenters. The molecule has 34 heavy (non-hydrogen) atoms. The van der Waals surface area contributed by atoms with Gasteiger partial charge in [0, 0.05) is 0 Å². The van der Waals surface area contributed by atoms with Crippen LogP contribution in [-0.4, -0.2) is 4.50 Å². The van der Waals surface area contributed by atoms with Gasteiger partial charge in [0.05, 0.1) is 0 Å². The van der Waals surface area contributed by atoms with Gasteiger partial charge in [0.25, 0.3) is 0 Å². The molecular weight excluding hydrogens is 470 g/mol.